The maximum Gasteiger partial charge on any atom is 0.248 e. The third-order valence-corrected chi connectivity index (χ3v) is 15.2. The molecule has 18 nitrogen and oxygen atoms in total. The molecule has 0 aromatic heterocycles. The van der Waals surface area contributed by atoms with E-state index in [0.717, 1.165) is 43.2 Å². The fourth-order valence-electron chi connectivity index (χ4n) is 8.47. The molecule has 0 atom stereocenters. The van der Waals surface area contributed by atoms with Crippen LogP contribution >= 0.6 is 23.5 Å². The summed E-state index contributed by atoms with van der Waals surface area (Å²) in [7, 11) is 8.77. The van der Waals surface area contributed by atoms with E-state index in [4.69, 9.17) is 28.4 Å². The van der Waals surface area contributed by atoms with Crippen molar-refractivity contribution in [2.45, 2.75) is 88.3 Å². The molecule has 2 aliphatic rings. The van der Waals surface area contributed by atoms with Crippen LogP contribution in [0.1, 0.15) is 74.9 Å². The number of thioether (sulfide) groups is 2. The molecule has 20 heteroatoms. The standard InChI is InChI=1S/C52H80N6O12S2/c1-51(2,3)41-23-37-27-55(45(61)33-67-9)17-13-53(43(59)31-65-7)15-19-57(47(63)35-69-11)29-39-25-42(52(4,5)6)26-40-30-58(48(64)36-70-12)20-16-54(44(60)32-66-8)14-18-56(46(62)34-68-10)28-38(24-41)49(37)71-21-22-72-50(39)40/h23-26H,13-22,27-36H2,1-12H3. The van der Waals surface area contributed by atoms with Gasteiger partial charge in [-0.15, -0.1) is 23.5 Å². The van der Waals surface area contributed by atoms with Crippen LogP contribution in [0.15, 0.2) is 34.1 Å². The first-order valence-corrected chi connectivity index (χ1v) is 26.3. The number of rotatable bonds is 12. The van der Waals surface area contributed by atoms with Crippen molar-refractivity contribution in [1.82, 2.24) is 29.4 Å². The molecule has 0 saturated heterocycles. The van der Waals surface area contributed by atoms with Crippen molar-refractivity contribution in [3.63, 3.8) is 0 Å². The van der Waals surface area contributed by atoms with Gasteiger partial charge in [0.15, 0.2) is 0 Å². The Morgan fingerprint density at radius 1 is 0.375 bits per heavy atom. The molecule has 402 valence electrons. The van der Waals surface area contributed by atoms with Gasteiger partial charge in [-0.2, -0.15) is 0 Å². The fraction of sp³-hybridized carbons (Fsp3) is 0.654. The number of amides is 6. The third kappa shape index (κ3) is 17.7. The number of methoxy groups -OCH3 is 6. The third-order valence-electron chi connectivity index (χ3n) is 12.5. The summed E-state index contributed by atoms with van der Waals surface area (Å²) in [6, 6.07) is 8.54. The Kier molecular flexibility index (Phi) is 24.3. The lowest BCUT2D eigenvalue weighted by molar-refractivity contribution is -0.141. The molecular formula is C52H80N6O12S2. The zero-order valence-corrected chi connectivity index (χ0v) is 46.5. The number of hydrogen-bond donors (Lipinski definition) is 0. The summed E-state index contributed by atoms with van der Waals surface area (Å²) in [5, 5.41) is 0. The van der Waals surface area contributed by atoms with E-state index in [1.165, 1.54) is 42.7 Å². The summed E-state index contributed by atoms with van der Waals surface area (Å²) in [6.07, 6.45) is 0. The summed E-state index contributed by atoms with van der Waals surface area (Å²) in [5.41, 5.74) is 4.73. The van der Waals surface area contributed by atoms with E-state index in [1.807, 2.05) is 0 Å². The number of ether oxygens (including phenoxy) is 6. The first kappa shape index (κ1) is 60.3. The van der Waals surface area contributed by atoms with E-state index in [2.05, 4.69) is 65.8 Å². The molecule has 6 amide bonds. The second-order valence-corrected chi connectivity index (χ2v) is 22.3. The van der Waals surface area contributed by atoms with Crippen LogP contribution in [0.3, 0.4) is 0 Å². The van der Waals surface area contributed by atoms with Crippen LogP contribution in [0.2, 0.25) is 0 Å². The van der Waals surface area contributed by atoms with Crippen LogP contribution in [-0.2, 0) is 94.2 Å². The largest absolute Gasteiger partial charge is 0.375 e. The number of carbonyl (C=O) groups is 6. The van der Waals surface area contributed by atoms with Gasteiger partial charge < -0.3 is 57.8 Å². The van der Waals surface area contributed by atoms with Crippen LogP contribution < -0.4 is 0 Å². The molecule has 72 heavy (non-hydrogen) atoms. The minimum atomic E-state index is -0.354. The van der Waals surface area contributed by atoms with Crippen molar-refractivity contribution >= 4 is 59.0 Å². The number of hydrogen-bond acceptors (Lipinski definition) is 14. The summed E-state index contributed by atoms with van der Waals surface area (Å²) >= 11 is 3.26. The average molecular weight is 1050 g/mol. The highest BCUT2D eigenvalue weighted by Gasteiger charge is 2.30. The Balaban J connectivity index is 2.13. The lowest BCUT2D eigenvalue weighted by atomic mass is 9.84. The quantitative estimate of drug-likeness (QED) is 0.298. The molecule has 0 unspecified atom stereocenters. The maximum atomic E-state index is 14.1. The highest BCUT2D eigenvalue weighted by molar-refractivity contribution is 8.03. The van der Waals surface area contributed by atoms with E-state index in [-0.39, 0.29) is 164 Å². The Morgan fingerprint density at radius 2 is 0.569 bits per heavy atom. The lowest BCUT2D eigenvalue weighted by Gasteiger charge is -2.33. The molecule has 0 N–H and O–H groups in total. The van der Waals surface area contributed by atoms with Gasteiger partial charge >= 0.3 is 0 Å². The minimum absolute atomic E-state index is 0.131. The Hall–Kier alpha value is -4.28. The van der Waals surface area contributed by atoms with Crippen molar-refractivity contribution in [2.24, 2.45) is 0 Å². The number of benzene rings is 2. The monoisotopic (exact) mass is 1040 g/mol. The van der Waals surface area contributed by atoms with E-state index in [9.17, 15) is 28.8 Å². The van der Waals surface area contributed by atoms with Crippen LogP contribution in [-0.4, -0.2) is 211 Å². The molecule has 2 aromatic carbocycles. The molecule has 0 radical (unpaired) electrons. The number of nitrogens with zero attached hydrogens (tertiary/aromatic N) is 6. The number of fused-ring (bicyclic) bond motifs is 3. The topological polar surface area (TPSA) is 177 Å². The molecule has 2 heterocycles. The Labute approximate surface area is 436 Å². The van der Waals surface area contributed by atoms with E-state index >= 15 is 0 Å². The van der Waals surface area contributed by atoms with E-state index < -0.39 is 0 Å². The first-order chi connectivity index (χ1) is 34.2. The lowest BCUT2D eigenvalue weighted by Crippen LogP contribution is -2.47. The summed E-state index contributed by atoms with van der Waals surface area (Å²) in [5.74, 6) is -0.538. The van der Waals surface area contributed by atoms with Gasteiger partial charge in [-0.25, -0.2) is 0 Å². The second-order valence-electron chi connectivity index (χ2n) is 20.1. The van der Waals surface area contributed by atoms with Gasteiger partial charge in [-0.05, 0) is 44.2 Å². The summed E-state index contributed by atoms with van der Waals surface area (Å²) < 4.78 is 32.3. The average Bonchev–Trinajstić information content (AvgIpc) is 3.31. The number of carbonyl (C=O) groups excluding carboxylic acids is 6. The van der Waals surface area contributed by atoms with Gasteiger partial charge in [0.2, 0.25) is 35.4 Å². The van der Waals surface area contributed by atoms with Crippen molar-refractivity contribution in [3.05, 3.63) is 57.6 Å². The summed E-state index contributed by atoms with van der Waals surface area (Å²) in [6.45, 7) is 13.2. The molecule has 0 spiro atoms. The molecular weight excluding hydrogens is 965 g/mol. The highest BCUT2D eigenvalue weighted by Crippen LogP contribution is 2.39. The zero-order chi connectivity index (χ0) is 53.2. The normalized spacial score (nSPS) is 16.3. The molecule has 0 fully saturated rings. The SMILES string of the molecule is COCC(=O)N1CCN(C(=O)COC)Cc2cc(C(C)(C)C)cc3c2SCCSc2c(cc(C(C)(C)C)cc2CN(C(=O)COC)CCN(C(=O)COC)CCN(C(=O)COC)C3)CN(C(=O)COC)CC1. The van der Waals surface area contributed by atoms with Crippen LogP contribution in [0.5, 0.6) is 0 Å². The van der Waals surface area contributed by atoms with Gasteiger partial charge in [0.25, 0.3) is 0 Å². The van der Waals surface area contributed by atoms with E-state index in [0.29, 0.717) is 11.5 Å². The molecule has 2 aliphatic heterocycles. The van der Waals surface area contributed by atoms with Crippen LogP contribution in [0.25, 0.3) is 0 Å². The van der Waals surface area contributed by atoms with Gasteiger partial charge in [-0.1, -0.05) is 65.8 Å². The smallest absolute Gasteiger partial charge is 0.248 e. The van der Waals surface area contributed by atoms with Gasteiger partial charge in [0, 0.05) is 142 Å². The van der Waals surface area contributed by atoms with Crippen LogP contribution in [0, 0.1) is 0 Å². The highest BCUT2D eigenvalue weighted by atomic mass is 32.2. The van der Waals surface area contributed by atoms with Gasteiger partial charge in [-0.3, -0.25) is 28.8 Å². The first-order valence-electron chi connectivity index (χ1n) is 24.4. The predicted molar refractivity (Wildman–Crippen MR) is 278 cm³/mol. The van der Waals surface area contributed by atoms with Crippen molar-refractivity contribution in [3.8, 4) is 0 Å². The molecule has 0 saturated carbocycles. The predicted octanol–water partition coefficient (Wildman–Crippen LogP) is 4.04. The van der Waals surface area contributed by atoms with Crippen molar-refractivity contribution < 1.29 is 57.2 Å². The molecule has 0 aliphatic carbocycles. The summed E-state index contributed by atoms with van der Waals surface area (Å²) in [4.78, 5) is 96.2. The van der Waals surface area contributed by atoms with Crippen molar-refractivity contribution in [2.75, 3.05) is 146 Å². The maximum absolute atomic E-state index is 14.1. The van der Waals surface area contributed by atoms with Gasteiger partial charge in [0.1, 0.15) is 39.6 Å². The van der Waals surface area contributed by atoms with Crippen molar-refractivity contribution in [1.29, 1.82) is 0 Å². The zero-order valence-electron chi connectivity index (χ0n) is 44.9. The van der Waals surface area contributed by atoms with Crippen LogP contribution in [0.4, 0.5) is 0 Å². The molecule has 4 rings (SSSR count). The Bertz CT molecular complexity index is 1910. The minimum Gasteiger partial charge on any atom is -0.375 e. The molecule has 2 bridgehead atoms. The molecule has 2 aromatic rings. The fourth-order valence-corrected chi connectivity index (χ4v) is 10.8. The second kappa shape index (κ2) is 29.0. The van der Waals surface area contributed by atoms with Gasteiger partial charge in [0.05, 0.1) is 0 Å². The Morgan fingerprint density at radius 3 is 0.764 bits per heavy atom. The van der Waals surface area contributed by atoms with E-state index in [1.54, 1.807) is 52.9 Å².